The summed E-state index contributed by atoms with van der Waals surface area (Å²) >= 11 is 14.6. The van der Waals surface area contributed by atoms with Crippen molar-refractivity contribution in [3.8, 4) is 0 Å². The van der Waals surface area contributed by atoms with Crippen molar-refractivity contribution in [1.82, 2.24) is 0 Å². The van der Waals surface area contributed by atoms with E-state index in [1.54, 1.807) is 0 Å². The highest BCUT2D eigenvalue weighted by molar-refractivity contribution is 6.55. The van der Waals surface area contributed by atoms with Gasteiger partial charge >= 0.3 is 0 Å². The fourth-order valence-electron chi connectivity index (χ4n) is 10.3. The van der Waals surface area contributed by atoms with Crippen molar-refractivity contribution >= 4 is 29.0 Å². The molecule has 5 aliphatic rings. The van der Waals surface area contributed by atoms with Crippen LogP contribution in [0.4, 0.5) is 0 Å². The van der Waals surface area contributed by atoms with Crippen LogP contribution in [-0.4, -0.2) is 10.1 Å². The zero-order chi connectivity index (χ0) is 26.1. The lowest BCUT2D eigenvalue weighted by Gasteiger charge is -2.67. The van der Waals surface area contributed by atoms with Gasteiger partial charge in [0.1, 0.15) is 4.33 Å². The Morgan fingerprint density at radius 2 is 1.03 bits per heavy atom. The molecule has 0 radical (unpaired) electrons. The molecule has 5 aliphatic carbocycles. The van der Waals surface area contributed by atoms with Crippen LogP contribution in [0.15, 0.2) is 0 Å². The number of ketones is 1. The zero-order valence-electron chi connectivity index (χ0n) is 24.2. The Hall–Kier alpha value is 0.250. The topological polar surface area (TPSA) is 17.1 Å². The molecule has 37 heavy (non-hydrogen) atoms. The summed E-state index contributed by atoms with van der Waals surface area (Å²) in [5.74, 6) is 5.78. The molecule has 0 aromatic carbocycles. The first-order valence-corrected chi connectivity index (χ1v) is 17.5. The maximum absolute atomic E-state index is 14.0. The number of unbranched alkanes of at least 4 members (excludes halogenated alkanes) is 3. The Kier molecular flexibility index (Phi) is 9.33. The molecule has 0 aromatic rings. The number of halogens is 2. The minimum Gasteiger partial charge on any atom is -0.298 e. The largest absolute Gasteiger partial charge is 0.298 e. The van der Waals surface area contributed by atoms with E-state index in [4.69, 9.17) is 23.2 Å². The monoisotopic (exact) mass is 550 g/mol. The molecular weight excluding hydrogens is 495 g/mol. The number of hydrogen-bond donors (Lipinski definition) is 0. The maximum atomic E-state index is 14.0. The van der Waals surface area contributed by atoms with Crippen LogP contribution in [-0.2, 0) is 4.79 Å². The SMILES string of the molecule is CCCCCC[C@H]1CC[C@H](C2CCC3(CC2)C(=O)C2(CCC([C@H]4CC[C@H](CC)CC4)CC2)C3(Cl)Cl)CC1. The summed E-state index contributed by atoms with van der Waals surface area (Å²) in [5.41, 5.74) is -0.870. The number of hydrogen-bond acceptors (Lipinski definition) is 1. The lowest BCUT2D eigenvalue weighted by Crippen LogP contribution is -2.74. The number of carbonyl (C=O) groups is 1. The van der Waals surface area contributed by atoms with Gasteiger partial charge in [0.2, 0.25) is 0 Å². The third-order valence-electron chi connectivity index (χ3n) is 13.0. The molecular formula is C34H56Cl2O. The van der Waals surface area contributed by atoms with Crippen molar-refractivity contribution < 1.29 is 4.79 Å². The van der Waals surface area contributed by atoms with Gasteiger partial charge < -0.3 is 0 Å². The molecule has 0 atom stereocenters. The van der Waals surface area contributed by atoms with Crippen LogP contribution < -0.4 is 0 Å². The Morgan fingerprint density at radius 1 is 0.595 bits per heavy atom. The number of alkyl halides is 2. The molecule has 5 rings (SSSR count). The summed E-state index contributed by atoms with van der Waals surface area (Å²) in [4.78, 5) is 14.0. The van der Waals surface area contributed by atoms with E-state index in [-0.39, 0.29) is 0 Å². The number of rotatable bonds is 8. The molecule has 0 aromatic heterocycles. The molecule has 212 valence electrons. The molecule has 2 spiro atoms. The predicted octanol–water partition coefficient (Wildman–Crippen LogP) is 11.1. The molecule has 0 amide bonds. The highest BCUT2D eigenvalue weighted by atomic mass is 35.5. The van der Waals surface area contributed by atoms with Gasteiger partial charge in [0.15, 0.2) is 5.78 Å². The lowest BCUT2D eigenvalue weighted by atomic mass is 9.41. The first-order valence-electron chi connectivity index (χ1n) is 16.8. The average molecular weight is 552 g/mol. The summed E-state index contributed by atoms with van der Waals surface area (Å²) in [5, 5.41) is 0. The van der Waals surface area contributed by atoms with E-state index in [9.17, 15) is 4.79 Å². The van der Waals surface area contributed by atoms with Gasteiger partial charge in [-0.15, -0.1) is 0 Å². The van der Waals surface area contributed by atoms with Gasteiger partial charge in [-0.25, -0.2) is 0 Å². The van der Waals surface area contributed by atoms with Crippen LogP contribution in [0, 0.1) is 46.3 Å². The minimum absolute atomic E-state index is 0.435. The van der Waals surface area contributed by atoms with Crippen molar-refractivity contribution in [2.75, 3.05) is 0 Å². The molecule has 0 aliphatic heterocycles. The quantitative estimate of drug-likeness (QED) is 0.217. The number of carbonyl (C=O) groups excluding carboxylic acids is 1. The molecule has 5 fully saturated rings. The van der Waals surface area contributed by atoms with Gasteiger partial charge in [0, 0.05) is 0 Å². The lowest BCUT2D eigenvalue weighted by molar-refractivity contribution is -0.173. The molecule has 0 N–H and O–H groups in total. The highest BCUT2D eigenvalue weighted by Crippen LogP contribution is 2.75. The maximum Gasteiger partial charge on any atom is 0.151 e. The van der Waals surface area contributed by atoms with Crippen LogP contribution in [0.2, 0.25) is 0 Å². The fraction of sp³-hybridized carbons (Fsp3) is 0.971. The van der Waals surface area contributed by atoms with Crippen LogP contribution in [0.3, 0.4) is 0 Å². The first kappa shape index (κ1) is 28.8. The Balaban J connectivity index is 1.09. The molecule has 5 saturated carbocycles. The van der Waals surface area contributed by atoms with Crippen molar-refractivity contribution in [2.45, 2.75) is 159 Å². The Labute approximate surface area is 239 Å². The fourth-order valence-corrected chi connectivity index (χ4v) is 11.4. The van der Waals surface area contributed by atoms with Crippen LogP contribution in [0.25, 0.3) is 0 Å². The zero-order valence-corrected chi connectivity index (χ0v) is 25.7. The van der Waals surface area contributed by atoms with Crippen molar-refractivity contribution in [3.63, 3.8) is 0 Å². The van der Waals surface area contributed by atoms with E-state index in [1.807, 2.05) is 0 Å². The van der Waals surface area contributed by atoms with E-state index >= 15 is 0 Å². The van der Waals surface area contributed by atoms with Gasteiger partial charge in [0.05, 0.1) is 10.8 Å². The van der Waals surface area contributed by atoms with Gasteiger partial charge in [-0.05, 0) is 113 Å². The third-order valence-corrected chi connectivity index (χ3v) is 14.4. The highest BCUT2D eigenvalue weighted by Gasteiger charge is 2.79. The van der Waals surface area contributed by atoms with Crippen molar-refractivity contribution in [2.24, 2.45) is 46.3 Å². The third kappa shape index (κ3) is 5.22. The van der Waals surface area contributed by atoms with E-state index in [0.29, 0.717) is 5.78 Å². The molecule has 1 nitrogen and oxygen atoms in total. The van der Waals surface area contributed by atoms with Gasteiger partial charge in [-0.2, -0.15) is 0 Å². The summed E-state index contributed by atoms with van der Waals surface area (Å²) in [6.07, 6.45) is 28.3. The van der Waals surface area contributed by atoms with Crippen LogP contribution in [0.5, 0.6) is 0 Å². The molecule has 0 bridgehead atoms. The van der Waals surface area contributed by atoms with Gasteiger partial charge in [0.25, 0.3) is 0 Å². The standard InChI is InChI=1S/C34H56Cl2O/c1-3-5-6-7-8-26-11-15-28(16-12-26)30-19-23-33(24-20-30)31(37)32(34(33,35)36)21-17-29(18-22-32)27-13-9-25(4-2)10-14-27/h25-30H,3-24H2,1-2H3/t25-,26-,27-,28-,29?,30?,32?,33?. The van der Waals surface area contributed by atoms with E-state index in [2.05, 4.69) is 13.8 Å². The van der Waals surface area contributed by atoms with Crippen LogP contribution >= 0.6 is 23.2 Å². The summed E-state index contributed by atoms with van der Waals surface area (Å²) in [7, 11) is 0. The summed E-state index contributed by atoms with van der Waals surface area (Å²) < 4.78 is -0.830. The normalized spacial score (nSPS) is 44.2. The van der Waals surface area contributed by atoms with E-state index < -0.39 is 15.2 Å². The molecule has 0 saturated heterocycles. The minimum atomic E-state index is -0.830. The number of Topliss-reactive ketones (excluding diaryl/α,β-unsaturated/α-hetero) is 1. The Bertz CT molecular complexity index is 742. The van der Waals surface area contributed by atoms with E-state index in [0.717, 1.165) is 61.2 Å². The summed E-state index contributed by atoms with van der Waals surface area (Å²) in [6, 6.07) is 0. The molecule has 3 heteroatoms. The smallest absolute Gasteiger partial charge is 0.151 e. The summed E-state index contributed by atoms with van der Waals surface area (Å²) in [6.45, 7) is 4.65. The second kappa shape index (κ2) is 12.0. The van der Waals surface area contributed by atoms with Crippen molar-refractivity contribution in [1.29, 1.82) is 0 Å². The van der Waals surface area contributed by atoms with Gasteiger partial charge in [-0.3, -0.25) is 4.79 Å². The van der Waals surface area contributed by atoms with Gasteiger partial charge in [-0.1, -0.05) is 101 Å². The Morgan fingerprint density at radius 3 is 1.43 bits per heavy atom. The molecule has 0 unspecified atom stereocenters. The molecule has 0 heterocycles. The average Bonchev–Trinajstić information content (AvgIpc) is 2.95. The van der Waals surface area contributed by atoms with Crippen molar-refractivity contribution in [3.05, 3.63) is 0 Å². The predicted molar refractivity (Wildman–Crippen MR) is 158 cm³/mol. The van der Waals surface area contributed by atoms with E-state index in [1.165, 1.54) is 116 Å². The first-order chi connectivity index (χ1) is 17.9. The second-order valence-electron chi connectivity index (χ2n) is 14.6. The van der Waals surface area contributed by atoms with Crippen LogP contribution in [0.1, 0.15) is 155 Å². The second-order valence-corrected chi connectivity index (χ2v) is 15.9.